The summed E-state index contributed by atoms with van der Waals surface area (Å²) in [5, 5.41) is 3.10. The van der Waals surface area contributed by atoms with E-state index >= 15 is 0 Å². The minimum absolute atomic E-state index is 0.0231. The summed E-state index contributed by atoms with van der Waals surface area (Å²) in [4.78, 5) is 26.3. The van der Waals surface area contributed by atoms with Crippen LogP contribution in [0.5, 0.6) is 0 Å². The van der Waals surface area contributed by atoms with Crippen LogP contribution in [0.3, 0.4) is 0 Å². The second-order valence-electron chi connectivity index (χ2n) is 6.66. The lowest BCUT2D eigenvalue weighted by Gasteiger charge is -2.26. The largest absolute Gasteiger partial charge is 0.399 e. The van der Waals surface area contributed by atoms with Gasteiger partial charge in [0.25, 0.3) is 11.8 Å². The first-order valence-corrected chi connectivity index (χ1v) is 8.46. The predicted octanol–water partition coefficient (Wildman–Crippen LogP) is 2.78. The third-order valence-electron chi connectivity index (χ3n) is 4.56. The lowest BCUT2D eigenvalue weighted by molar-refractivity contribution is 0.0827. The highest BCUT2D eigenvalue weighted by molar-refractivity contribution is 5.99. The number of rotatable bonds is 3. The molecule has 2 aromatic carbocycles. The fraction of sp³-hybridized carbons (Fsp3) is 0.300. The summed E-state index contributed by atoms with van der Waals surface area (Å²) in [5.74, 6) is -0.281. The Morgan fingerprint density at radius 1 is 1.12 bits per heavy atom. The third kappa shape index (κ3) is 3.65. The lowest BCUT2D eigenvalue weighted by Crippen LogP contribution is -2.31. The van der Waals surface area contributed by atoms with Gasteiger partial charge in [0, 0.05) is 30.9 Å². The zero-order valence-electron chi connectivity index (χ0n) is 14.6. The molecule has 1 aliphatic carbocycles. The molecular formula is C20H23N3O2. The van der Waals surface area contributed by atoms with E-state index in [2.05, 4.69) is 5.32 Å². The Balaban J connectivity index is 1.80. The number of carbonyl (C=O) groups excluding carboxylic acids is 2. The Bertz CT molecular complexity index is 814. The molecule has 0 fully saturated rings. The minimum Gasteiger partial charge on any atom is -0.399 e. The zero-order valence-corrected chi connectivity index (χ0v) is 14.6. The quantitative estimate of drug-likeness (QED) is 0.846. The summed E-state index contributed by atoms with van der Waals surface area (Å²) in [5.41, 5.74) is 9.96. The van der Waals surface area contributed by atoms with Crippen LogP contribution >= 0.6 is 0 Å². The molecule has 5 nitrogen and oxygen atoms in total. The van der Waals surface area contributed by atoms with Crippen molar-refractivity contribution in [2.45, 2.75) is 25.3 Å². The van der Waals surface area contributed by atoms with Crippen LogP contribution in [0.15, 0.2) is 42.5 Å². The number of fused-ring (bicyclic) bond motifs is 1. The van der Waals surface area contributed by atoms with Gasteiger partial charge in [-0.3, -0.25) is 9.59 Å². The van der Waals surface area contributed by atoms with Gasteiger partial charge >= 0.3 is 0 Å². The number of nitrogens with one attached hydrogen (secondary N) is 1. The summed E-state index contributed by atoms with van der Waals surface area (Å²) in [6.07, 6.45) is 2.90. The van der Waals surface area contributed by atoms with Crippen molar-refractivity contribution in [3.8, 4) is 0 Å². The van der Waals surface area contributed by atoms with Crippen LogP contribution < -0.4 is 11.1 Å². The topological polar surface area (TPSA) is 75.4 Å². The van der Waals surface area contributed by atoms with Crippen molar-refractivity contribution in [2.24, 2.45) is 0 Å². The molecule has 2 aromatic rings. The molecule has 0 saturated heterocycles. The normalized spacial score (nSPS) is 16.0. The average Bonchev–Trinajstić information content (AvgIpc) is 2.61. The van der Waals surface area contributed by atoms with Crippen molar-refractivity contribution in [2.75, 3.05) is 19.8 Å². The maximum absolute atomic E-state index is 12.7. The number of nitrogen functional groups attached to an aromatic ring is 1. The summed E-state index contributed by atoms with van der Waals surface area (Å²) in [7, 11) is 3.39. The van der Waals surface area contributed by atoms with E-state index in [0.29, 0.717) is 11.1 Å². The van der Waals surface area contributed by atoms with Crippen molar-refractivity contribution in [3.05, 3.63) is 64.7 Å². The molecule has 0 aliphatic heterocycles. The van der Waals surface area contributed by atoms with Crippen LogP contribution in [0.1, 0.15) is 50.7 Å². The minimum atomic E-state index is -0.164. The number of amides is 2. The van der Waals surface area contributed by atoms with E-state index in [1.54, 1.807) is 38.4 Å². The number of benzene rings is 2. The van der Waals surface area contributed by atoms with E-state index in [1.807, 2.05) is 18.2 Å². The van der Waals surface area contributed by atoms with Gasteiger partial charge in [0.15, 0.2) is 0 Å². The van der Waals surface area contributed by atoms with Crippen LogP contribution in [0.4, 0.5) is 5.69 Å². The number of nitrogens with two attached hydrogens (primary N) is 1. The van der Waals surface area contributed by atoms with Crippen molar-refractivity contribution >= 4 is 17.5 Å². The van der Waals surface area contributed by atoms with E-state index in [1.165, 1.54) is 10.5 Å². The molecule has 0 saturated carbocycles. The van der Waals surface area contributed by atoms with Gasteiger partial charge in [-0.15, -0.1) is 0 Å². The average molecular weight is 337 g/mol. The molecule has 25 heavy (non-hydrogen) atoms. The molecule has 0 radical (unpaired) electrons. The summed E-state index contributed by atoms with van der Waals surface area (Å²) < 4.78 is 0. The first kappa shape index (κ1) is 17.0. The molecular weight excluding hydrogens is 314 g/mol. The molecule has 3 rings (SSSR count). The van der Waals surface area contributed by atoms with Crippen LogP contribution in [0, 0.1) is 0 Å². The molecule has 5 heteroatoms. The Kier molecular flexibility index (Phi) is 4.74. The van der Waals surface area contributed by atoms with Crippen LogP contribution in [-0.2, 0) is 6.42 Å². The van der Waals surface area contributed by atoms with Gasteiger partial charge < -0.3 is 16.0 Å². The highest BCUT2D eigenvalue weighted by Gasteiger charge is 2.22. The SMILES string of the molecule is CN(C)C(=O)c1cccc(C(=O)NC2CCCc3cc(N)ccc32)c1. The maximum Gasteiger partial charge on any atom is 0.253 e. The van der Waals surface area contributed by atoms with E-state index in [-0.39, 0.29) is 17.9 Å². The first-order chi connectivity index (χ1) is 12.0. The van der Waals surface area contributed by atoms with Crippen LogP contribution in [-0.4, -0.2) is 30.8 Å². The zero-order chi connectivity index (χ0) is 18.0. The van der Waals surface area contributed by atoms with Gasteiger partial charge in [-0.25, -0.2) is 0 Å². The second kappa shape index (κ2) is 6.97. The van der Waals surface area contributed by atoms with Crippen molar-refractivity contribution in [3.63, 3.8) is 0 Å². The third-order valence-corrected chi connectivity index (χ3v) is 4.56. The van der Waals surface area contributed by atoms with Gasteiger partial charge in [-0.1, -0.05) is 12.1 Å². The van der Waals surface area contributed by atoms with Gasteiger partial charge in [-0.05, 0) is 60.7 Å². The molecule has 0 bridgehead atoms. The van der Waals surface area contributed by atoms with Crippen LogP contribution in [0.2, 0.25) is 0 Å². The summed E-state index contributed by atoms with van der Waals surface area (Å²) in [6.45, 7) is 0. The van der Waals surface area contributed by atoms with E-state index < -0.39 is 0 Å². The standard InChI is InChI=1S/C20H23N3O2/c1-23(2)20(25)15-7-3-6-14(11-15)19(24)22-18-8-4-5-13-12-16(21)9-10-17(13)18/h3,6-7,9-12,18H,4-5,8,21H2,1-2H3,(H,22,24). The molecule has 1 unspecified atom stereocenters. The van der Waals surface area contributed by atoms with Gasteiger partial charge in [-0.2, -0.15) is 0 Å². The van der Waals surface area contributed by atoms with Crippen LogP contribution in [0.25, 0.3) is 0 Å². The molecule has 2 amide bonds. The summed E-state index contributed by atoms with van der Waals surface area (Å²) >= 11 is 0. The van der Waals surface area contributed by atoms with Gasteiger partial charge in [0.05, 0.1) is 6.04 Å². The lowest BCUT2D eigenvalue weighted by atomic mass is 9.87. The Morgan fingerprint density at radius 3 is 2.64 bits per heavy atom. The molecule has 0 aromatic heterocycles. The fourth-order valence-electron chi connectivity index (χ4n) is 3.28. The van der Waals surface area contributed by atoms with Crippen molar-refractivity contribution < 1.29 is 9.59 Å². The maximum atomic E-state index is 12.7. The molecule has 1 atom stereocenters. The number of hydrogen-bond acceptors (Lipinski definition) is 3. The van der Waals surface area contributed by atoms with E-state index in [4.69, 9.17) is 5.73 Å². The smallest absolute Gasteiger partial charge is 0.253 e. The highest BCUT2D eigenvalue weighted by Crippen LogP contribution is 2.31. The highest BCUT2D eigenvalue weighted by atomic mass is 16.2. The number of nitrogens with zero attached hydrogens (tertiary/aromatic N) is 1. The van der Waals surface area contributed by atoms with E-state index in [9.17, 15) is 9.59 Å². The summed E-state index contributed by atoms with van der Waals surface area (Å²) in [6, 6.07) is 12.7. The number of carbonyl (C=O) groups is 2. The predicted molar refractivity (Wildman–Crippen MR) is 98.5 cm³/mol. The van der Waals surface area contributed by atoms with E-state index in [0.717, 1.165) is 30.5 Å². The number of anilines is 1. The monoisotopic (exact) mass is 337 g/mol. The fourth-order valence-corrected chi connectivity index (χ4v) is 3.28. The Labute approximate surface area is 147 Å². The molecule has 1 aliphatic rings. The Hall–Kier alpha value is -2.82. The molecule has 130 valence electrons. The molecule has 0 spiro atoms. The Morgan fingerprint density at radius 2 is 1.88 bits per heavy atom. The molecule has 0 heterocycles. The van der Waals surface area contributed by atoms with Gasteiger partial charge in [0.2, 0.25) is 0 Å². The van der Waals surface area contributed by atoms with Gasteiger partial charge in [0.1, 0.15) is 0 Å². The first-order valence-electron chi connectivity index (χ1n) is 8.46. The molecule has 3 N–H and O–H groups in total. The van der Waals surface area contributed by atoms with Crippen molar-refractivity contribution in [1.82, 2.24) is 10.2 Å². The van der Waals surface area contributed by atoms with Crippen molar-refractivity contribution in [1.29, 1.82) is 0 Å². The number of aryl methyl sites for hydroxylation is 1. The second-order valence-corrected chi connectivity index (χ2v) is 6.66. The number of hydrogen-bond donors (Lipinski definition) is 2.